The number of guanidine groups is 1. The number of nitrogens with zero attached hydrogens (tertiary/aromatic N) is 4. The number of ether oxygens (including phenoxy) is 1. The van der Waals surface area contributed by atoms with Gasteiger partial charge in [-0.2, -0.15) is 0 Å². The zero-order chi connectivity index (χ0) is 17.9. The van der Waals surface area contributed by atoms with Gasteiger partial charge in [-0.25, -0.2) is 0 Å². The maximum Gasteiger partial charge on any atom is 0.193 e. The smallest absolute Gasteiger partial charge is 0.193 e. The summed E-state index contributed by atoms with van der Waals surface area (Å²) in [5, 5.41) is 3.49. The lowest BCUT2D eigenvalue weighted by Gasteiger charge is -2.36. The molecule has 1 fully saturated rings. The molecular weight excluding hydrogens is 441 g/mol. The SMILES string of the molecule is CN=C(NCCN(C)CCOC)N1CCN(Cc2ccccc2)CC1.I. The van der Waals surface area contributed by atoms with E-state index in [-0.39, 0.29) is 24.0 Å². The largest absolute Gasteiger partial charge is 0.383 e. The molecule has 0 aromatic heterocycles. The Labute approximate surface area is 175 Å². The molecule has 0 amide bonds. The summed E-state index contributed by atoms with van der Waals surface area (Å²) >= 11 is 0. The highest BCUT2D eigenvalue weighted by Crippen LogP contribution is 2.08. The molecule has 1 aromatic carbocycles. The average Bonchev–Trinajstić information content (AvgIpc) is 2.65. The predicted molar refractivity (Wildman–Crippen MR) is 119 cm³/mol. The van der Waals surface area contributed by atoms with E-state index in [1.54, 1.807) is 7.11 Å². The highest BCUT2D eigenvalue weighted by molar-refractivity contribution is 14.0. The van der Waals surface area contributed by atoms with Crippen LogP contribution < -0.4 is 5.32 Å². The van der Waals surface area contributed by atoms with Gasteiger partial charge >= 0.3 is 0 Å². The van der Waals surface area contributed by atoms with Gasteiger partial charge < -0.3 is 19.9 Å². The van der Waals surface area contributed by atoms with Crippen LogP contribution in [0.1, 0.15) is 5.56 Å². The van der Waals surface area contributed by atoms with E-state index >= 15 is 0 Å². The summed E-state index contributed by atoms with van der Waals surface area (Å²) in [7, 11) is 5.73. The maximum atomic E-state index is 5.11. The van der Waals surface area contributed by atoms with Crippen LogP contribution in [0.5, 0.6) is 0 Å². The third-order valence-corrected chi connectivity index (χ3v) is 4.59. The number of methoxy groups -OCH3 is 1. The standard InChI is InChI=1S/C19H33N5O.HI/c1-20-19(21-9-10-22(2)15-16-25-3)24-13-11-23(12-14-24)17-18-7-5-4-6-8-18;/h4-8H,9-17H2,1-3H3,(H,20,21);1H. The van der Waals surface area contributed by atoms with Crippen LogP contribution in [0, 0.1) is 0 Å². The summed E-state index contributed by atoms with van der Waals surface area (Å²) < 4.78 is 5.11. The lowest BCUT2D eigenvalue weighted by Crippen LogP contribution is -2.52. The van der Waals surface area contributed by atoms with Crippen LogP contribution in [0.2, 0.25) is 0 Å². The van der Waals surface area contributed by atoms with E-state index in [0.29, 0.717) is 0 Å². The van der Waals surface area contributed by atoms with Gasteiger partial charge in [-0.15, -0.1) is 24.0 Å². The molecule has 148 valence electrons. The summed E-state index contributed by atoms with van der Waals surface area (Å²) in [4.78, 5) is 11.6. The lowest BCUT2D eigenvalue weighted by molar-refractivity contribution is 0.161. The molecule has 1 aliphatic heterocycles. The first kappa shape index (κ1) is 23.1. The molecule has 0 spiro atoms. The fraction of sp³-hybridized carbons (Fsp3) is 0.632. The number of halogens is 1. The van der Waals surface area contributed by atoms with Crippen LogP contribution in [0.15, 0.2) is 35.3 Å². The predicted octanol–water partition coefficient (Wildman–Crippen LogP) is 1.58. The molecule has 0 unspecified atom stereocenters. The van der Waals surface area contributed by atoms with Crippen LogP contribution >= 0.6 is 24.0 Å². The number of hydrogen-bond donors (Lipinski definition) is 1. The molecule has 7 heteroatoms. The van der Waals surface area contributed by atoms with Gasteiger partial charge in [0.1, 0.15) is 0 Å². The van der Waals surface area contributed by atoms with Gasteiger partial charge in [0.2, 0.25) is 0 Å². The minimum absolute atomic E-state index is 0. The summed E-state index contributed by atoms with van der Waals surface area (Å²) in [6.07, 6.45) is 0. The van der Waals surface area contributed by atoms with Crippen LogP contribution in [0.25, 0.3) is 0 Å². The van der Waals surface area contributed by atoms with E-state index in [9.17, 15) is 0 Å². The van der Waals surface area contributed by atoms with Crippen LogP contribution in [-0.2, 0) is 11.3 Å². The average molecular weight is 475 g/mol. The van der Waals surface area contributed by atoms with Gasteiger partial charge in [-0.05, 0) is 12.6 Å². The Balaban J connectivity index is 0.00000338. The molecule has 1 saturated heterocycles. The van der Waals surface area contributed by atoms with Gasteiger partial charge in [-0.3, -0.25) is 9.89 Å². The summed E-state index contributed by atoms with van der Waals surface area (Å²) in [6, 6.07) is 10.7. The van der Waals surface area contributed by atoms with Gasteiger partial charge in [0.05, 0.1) is 6.61 Å². The van der Waals surface area contributed by atoms with Crippen LogP contribution in [-0.4, -0.2) is 94.3 Å². The Kier molecular flexibility index (Phi) is 11.8. The normalized spacial score (nSPS) is 15.8. The minimum Gasteiger partial charge on any atom is -0.383 e. The maximum absolute atomic E-state index is 5.11. The van der Waals surface area contributed by atoms with Crippen LogP contribution in [0.3, 0.4) is 0 Å². The first-order valence-electron chi connectivity index (χ1n) is 9.12. The fourth-order valence-electron chi connectivity index (χ4n) is 3.01. The van der Waals surface area contributed by atoms with Crippen molar-refractivity contribution in [2.45, 2.75) is 6.54 Å². The van der Waals surface area contributed by atoms with Crippen molar-refractivity contribution in [1.82, 2.24) is 20.0 Å². The van der Waals surface area contributed by atoms with E-state index in [4.69, 9.17) is 4.74 Å². The minimum atomic E-state index is 0. The van der Waals surface area contributed by atoms with Crippen molar-refractivity contribution in [3.05, 3.63) is 35.9 Å². The molecule has 0 saturated carbocycles. The Morgan fingerprint density at radius 1 is 1.15 bits per heavy atom. The summed E-state index contributed by atoms with van der Waals surface area (Å²) in [5.74, 6) is 1.01. The zero-order valence-corrected chi connectivity index (χ0v) is 18.7. The number of aliphatic imine (C=N–C) groups is 1. The number of likely N-dealkylation sites (N-methyl/N-ethyl adjacent to an activating group) is 1. The topological polar surface area (TPSA) is 43.3 Å². The number of hydrogen-bond acceptors (Lipinski definition) is 4. The molecule has 0 radical (unpaired) electrons. The van der Waals surface area contributed by atoms with E-state index in [1.165, 1.54) is 5.56 Å². The van der Waals surface area contributed by atoms with Crippen molar-refractivity contribution in [1.29, 1.82) is 0 Å². The monoisotopic (exact) mass is 475 g/mol. The third-order valence-electron chi connectivity index (χ3n) is 4.59. The van der Waals surface area contributed by atoms with Crippen molar-refractivity contribution >= 4 is 29.9 Å². The second kappa shape index (κ2) is 13.3. The van der Waals surface area contributed by atoms with Gasteiger partial charge in [0, 0.05) is 66.5 Å². The molecule has 0 bridgehead atoms. The van der Waals surface area contributed by atoms with E-state index < -0.39 is 0 Å². The molecule has 1 heterocycles. The van der Waals surface area contributed by atoms with Crippen molar-refractivity contribution in [2.75, 3.05) is 73.6 Å². The van der Waals surface area contributed by atoms with Crippen molar-refractivity contribution in [3.8, 4) is 0 Å². The van der Waals surface area contributed by atoms with E-state index in [2.05, 4.69) is 62.4 Å². The molecule has 26 heavy (non-hydrogen) atoms. The third kappa shape index (κ3) is 8.20. The molecule has 0 aliphatic carbocycles. The van der Waals surface area contributed by atoms with Crippen LogP contribution in [0.4, 0.5) is 0 Å². The molecule has 2 rings (SSSR count). The zero-order valence-electron chi connectivity index (χ0n) is 16.4. The van der Waals surface area contributed by atoms with Crippen molar-refractivity contribution in [3.63, 3.8) is 0 Å². The van der Waals surface area contributed by atoms with Crippen molar-refractivity contribution in [2.24, 2.45) is 4.99 Å². The summed E-state index contributed by atoms with van der Waals surface area (Å²) in [5.41, 5.74) is 1.39. The fourth-order valence-corrected chi connectivity index (χ4v) is 3.01. The molecule has 6 nitrogen and oxygen atoms in total. The Morgan fingerprint density at radius 3 is 2.46 bits per heavy atom. The second-order valence-electron chi connectivity index (χ2n) is 6.52. The molecule has 1 aliphatic rings. The number of piperazine rings is 1. The first-order chi connectivity index (χ1) is 12.2. The second-order valence-corrected chi connectivity index (χ2v) is 6.52. The number of nitrogens with one attached hydrogen (secondary N) is 1. The highest BCUT2D eigenvalue weighted by atomic mass is 127. The van der Waals surface area contributed by atoms with Gasteiger partial charge in [0.25, 0.3) is 0 Å². The summed E-state index contributed by atoms with van der Waals surface area (Å²) in [6.45, 7) is 8.83. The van der Waals surface area contributed by atoms with Crippen molar-refractivity contribution < 1.29 is 4.74 Å². The Hall–Kier alpha value is -0.900. The Bertz CT molecular complexity index is 506. The van der Waals surface area contributed by atoms with E-state index in [1.807, 2.05) is 7.05 Å². The highest BCUT2D eigenvalue weighted by Gasteiger charge is 2.19. The molecule has 0 atom stereocenters. The van der Waals surface area contributed by atoms with Gasteiger partial charge in [0.15, 0.2) is 5.96 Å². The quantitative estimate of drug-likeness (QED) is 0.352. The molecular formula is C19H34IN5O. The molecule has 1 aromatic rings. The lowest BCUT2D eigenvalue weighted by atomic mass is 10.2. The van der Waals surface area contributed by atoms with Gasteiger partial charge in [-0.1, -0.05) is 30.3 Å². The molecule has 1 N–H and O–H groups in total. The number of rotatable bonds is 8. The Morgan fingerprint density at radius 2 is 1.85 bits per heavy atom. The van der Waals surface area contributed by atoms with E-state index in [0.717, 1.165) is 64.9 Å². The number of benzene rings is 1. The first-order valence-corrected chi connectivity index (χ1v) is 9.12.